The number of morpholine rings is 1. The van der Waals surface area contributed by atoms with Gasteiger partial charge in [0, 0.05) is 46.2 Å². The van der Waals surface area contributed by atoms with Gasteiger partial charge in [0.15, 0.2) is 5.69 Å². The van der Waals surface area contributed by atoms with Crippen LogP contribution in [0.25, 0.3) is 0 Å². The summed E-state index contributed by atoms with van der Waals surface area (Å²) in [5, 5.41) is 4.46. The molecule has 0 spiro atoms. The Hall–Kier alpha value is -1.93. The Bertz CT molecular complexity index is 624. The van der Waals surface area contributed by atoms with Gasteiger partial charge < -0.3 is 14.5 Å². The van der Waals surface area contributed by atoms with Gasteiger partial charge >= 0.3 is 0 Å². The zero-order valence-corrected chi connectivity index (χ0v) is 15.1. The molecule has 1 aromatic heterocycles. The second kappa shape index (κ2) is 7.97. The number of hydrogen-bond acceptors (Lipinski definition) is 5. The van der Waals surface area contributed by atoms with E-state index >= 15 is 0 Å². The summed E-state index contributed by atoms with van der Waals surface area (Å²) in [5.41, 5.74) is 1.40. The molecule has 8 nitrogen and oxygen atoms in total. The molecule has 0 saturated carbocycles. The van der Waals surface area contributed by atoms with E-state index in [-0.39, 0.29) is 11.8 Å². The molecule has 0 aliphatic carbocycles. The quantitative estimate of drug-likeness (QED) is 0.751. The third kappa shape index (κ3) is 4.19. The summed E-state index contributed by atoms with van der Waals surface area (Å²) >= 11 is 0. The second-order valence-electron chi connectivity index (χ2n) is 6.52. The number of fused-ring (bicyclic) bond motifs is 1. The Morgan fingerprint density at radius 2 is 2.00 bits per heavy atom. The van der Waals surface area contributed by atoms with Crippen molar-refractivity contribution in [3.05, 3.63) is 17.5 Å². The number of carbonyl (C=O) groups is 2. The molecule has 1 saturated heterocycles. The fraction of sp³-hybridized carbons (Fsp3) is 0.706. The predicted octanol–water partition coefficient (Wildman–Crippen LogP) is 0.0395. The van der Waals surface area contributed by atoms with E-state index in [1.165, 1.54) is 0 Å². The van der Waals surface area contributed by atoms with Crippen LogP contribution in [0, 0.1) is 0 Å². The van der Waals surface area contributed by atoms with Gasteiger partial charge in [-0.15, -0.1) is 0 Å². The highest BCUT2D eigenvalue weighted by Gasteiger charge is 2.24. The molecule has 0 bridgehead atoms. The molecule has 0 radical (unpaired) electrons. The van der Waals surface area contributed by atoms with E-state index in [4.69, 9.17) is 4.74 Å². The van der Waals surface area contributed by atoms with Crippen molar-refractivity contribution in [1.82, 2.24) is 24.5 Å². The SMILES string of the molecule is CCN(CCN1CCOCC1)C(=O)c1cc2n(n1)CCN(C(C)=O)C2. The van der Waals surface area contributed by atoms with Crippen LogP contribution in [0.5, 0.6) is 0 Å². The van der Waals surface area contributed by atoms with Crippen LogP contribution < -0.4 is 0 Å². The van der Waals surface area contributed by atoms with E-state index in [0.717, 1.165) is 38.5 Å². The Morgan fingerprint density at radius 3 is 2.68 bits per heavy atom. The Balaban J connectivity index is 1.62. The van der Waals surface area contributed by atoms with Crippen LogP contribution in [0.1, 0.15) is 30.0 Å². The van der Waals surface area contributed by atoms with Crippen molar-refractivity contribution in [2.45, 2.75) is 26.9 Å². The minimum atomic E-state index is -0.0352. The molecule has 1 aromatic rings. The number of ether oxygens (including phenoxy) is 1. The van der Waals surface area contributed by atoms with Gasteiger partial charge in [0.2, 0.25) is 5.91 Å². The van der Waals surface area contributed by atoms with Gasteiger partial charge in [-0.1, -0.05) is 0 Å². The maximum absolute atomic E-state index is 12.8. The summed E-state index contributed by atoms with van der Waals surface area (Å²) in [7, 11) is 0. The van der Waals surface area contributed by atoms with Crippen molar-refractivity contribution in [3.8, 4) is 0 Å². The topological polar surface area (TPSA) is 70.9 Å². The number of nitrogens with zero attached hydrogens (tertiary/aromatic N) is 5. The number of rotatable bonds is 5. The highest BCUT2D eigenvalue weighted by molar-refractivity contribution is 5.92. The Kier molecular flexibility index (Phi) is 5.70. The van der Waals surface area contributed by atoms with E-state index < -0.39 is 0 Å². The van der Waals surface area contributed by atoms with Crippen molar-refractivity contribution in [1.29, 1.82) is 0 Å². The number of aromatic nitrogens is 2. The first-order chi connectivity index (χ1) is 12.1. The summed E-state index contributed by atoms with van der Waals surface area (Å²) in [4.78, 5) is 30.3. The van der Waals surface area contributed by atoms with E-state index in [2.05, 4.69) is 10.00 Å². The van der Waals surface area contributed by atoms with Gasteiger partial charge in [-0.05, 0) is 13.0 Å². The lowest BCUT2D eigenvalue weighted by molar-refractivity contribution is -0.130. The molecular formula is C17H27N5O3. The van der Waals surface area contributed by atoms with Crippen molar-refractivity contribution < 1.29 is 14.3 Å². The lowest BCUT2D eigenvalue weighted by atomic mass is 10.2. The minimum absolute atomic E-state index is 0.0352. The molecule has 2 amide bonds. The second-order valence-corrected chi connectivity index (χ2v) is 6.52. The molecule has 8 heteroatoms. The molecule has 138 valence electrons. The molecule has 0 aromatic carbocycles. The summed E-state index contributed by atoms with van der Waals surface area (Å²) < 4.78 is 7.21. The minimum Gasteiger partial charge on any atom is -0.379 e. The molecule has 25 heavy (non-hydrogen) atoms. The lowest BCUT2D eigenvalue weighted by Gasteiger charge is -2.29. The molecule has 3 heterocycles. The first-order valence-electron chi connectivity index (χ1n) is 9.00. The summed E-state index contributed by atoms with van der Waals surface area (Å²) in [5.74, 6) is 0.0213. The third-order valence-corrected chi connectivity index (χ3v) is 4.92. The zero-order chi connectivity index (χ0) is 17.8. The summed E-state index contributed by atoms with van der Waals surface area (Å²) in [6, 6.07) is 1.83. The monoisotopic (exact) mass is 349 g/mol. The number of likely N-dealkylation sites (N-methyl/N-ethyl adjacent to an activating group) is 1. The van der Waals surface area contributed by atoms with Crippen LogP contribution in [0.15, 0.2) is 6.07 Å². The van der Waals surface area contributed by atoms with E-state index in [0.29, 0.717) is 38.4 Å². The molecule has 0 atom stereocenters. The first-order valence-corrected chi connectivity index (χ1v) is 9.00. The van der Waals surface area contributed by atoms with Crippen molar-refractivity contribution in [3.63, 3.8) is 0 Å². The van der Waals surface area contributed by atoms with Gasteiger partial charge in [-0.3, -0.25) is 19.2 Å². The molecular weight excluding hydrogens is 322 g/mol. The van der Waals surface area contributed by atoms with Crippen LogP contribution in [-0.4, -0.2) is 88.8 Å². The highest BCUT2D eigenvalue weighted by atomic mass is 16.5. The van der Waals surface area contributed by atoms with E-state index in [1.54, 1.807) is 11.8 Å². The fourth-order valence-electron chi connectivity index (χ4n) is 3.29. The van der Waals surface area contributed by atoms with Crippen LogP contribution >= 0.6 is 0 Å². The highest BCUT2D eigenvalue weighted by Crippen LogP contribution is 2.15. The van der Waals surface area contributed by atoms with Crippen LogP contribution in [0.4, 0.5) is 0 Å². The van der Waals surface area contributed by atoms with Gasteiger partial charge in [-0.25, -0.2) is 0 Å². The smallest absolute Gasteiger partial charge is 0.274 e. The average molecular weight is 349 g/mol. The van der Waals surface area contributed by atoms with E-state index in [9.17, 15) is 9.59 Å². The number of hydrogen-bond donors (Lipinski definition) is 0. The first kappa shape index (κ1) is 17.9. The van der Waals surface area contributed by atoms with Crippen molar-refractivity contribution in [2.24, 2.45) is 0 Å². The normalized spacial score (nSPS) is 18.1. The van der Waals surface area contributed by atoms with Crippen LogP contribution in [0.3, 0.4) is 0 Å². The summed E-state index contributed by atoms with van der Waals surface area (Å²) in [6.07, 6.45) is 0. The van der Waals surface area contributed by atoms with Gasteiger partial charge in [0.05, 0.1) is 32.0 Å². The van der Waals surface area contributed by atoms with Crippen molar-refractivity contribution in [2.75, 3.05) is 52.5 Å². The molecule has 3 rings (SSSR count). The van der Waals surface area contributed by atoms with Gasteiger partial charge in [-0.2, -0.15) is 5.10 Å². The fourth-order valence-corrected chi connectivity index (χ4v) is 3.29. The maximum atomic E-state index is 12.8. The van der Waals surface area contributed by atoms with Crippen LogP contribution in [-0.2, 0) is 22.6 Å². The Morgan fingerprint density at radius 1 is 1.24 bits per heavy atom. The molecule has 2 aliphatic rings. The Labute approximate surface area is 148 Å². The van der Waals surface area contributed by atoms with Crippen molar-refractivity contribution >= 4 is 11.8 Å². The summed E-state index contributed by atoms with van der Waals surface area (Å²) in [6.45, 7) is 10.9. The maximum Gasteiger partial charge on any atom is 0.274 e. The van der Waals surface area contributed by atoms with Crippen LogP contribution in [0.2, 0.25) is 0 Å². The number of carbonyl (C=O) groups excluding carboxylic acids is 2. The molecule has 2 aliphatic heterocycles. The standard InChI is InChI=1S/C17H27N5O3/c1-3-20(5-4-19-8-10-25-11-9-19)17(24)16-12-15-13-21(14(2)23)6-7-22(15)18-16/h12H,3-11,13H2,1-2H3. The van der Waals surface area contributed by atoms with Gasteiger partial charge in [0.1, 0.15) is 0 Å². The van der Waals surface area contributed by atoms with E-state index in [1.807, 2.05) is 22.6 Å². The molecule has 1 fully saturated rings. The molecule has 0 unspecified atom stereocenters. The number of amides is 2. The van der Waals surface area contributed by atoms with Gasteiger partial charge in [0.25, 0.3) is 5.91 Å². The largest absolute Gasteiger partial charge is 0.379 e. The average Bonchev–Trinajstić information content (AvgIpc) is 3.06. The predicted molar refractivity (Wildman–Crippen MR) is 92.2 cm³/mol. The third-order valence-electron chi connectivity index (χ3n) is 4.92. The zero-order valence-electron chi connectivity index (χ0n) is 15.1. The molecule has 0 N–H and O–H groups in total. The lowest BCUT2D eigenvalue weighted by Crippen LogP contribution is -2.43.